The van der Waals surface area contributed by atoms with Gasteiger partial charge in [-0.2, -0.15) is 0 Å². The number of thiazole rings is 1. The quantitative estimate of drug-likeness (QED) is 0.820. The number of aromatic nitrogens is 1. The van der Waals surface area contributed by atoms with E-state index in [4.69, 9.17) is 5.11 Å². The molecule has 0 aliphatic heterocycles. The Labute approximate surface area is 106 Å². The lowest BCUT2D eigenvalue weighted by Gasteiger charge is -2.21. The van der Waals surface area contributed by atoms with Gasteiger partial charge in [0.2, 0.25) is 0 Å². The highest BCUT2D eigenvalue weighted by Crippen LogP contribution is 2.22. The number of hydrogen-bond acceptors (Lipinski definition) is 4. The van der Waals surface area contributed by atoms with E-state index in [2.05, 4.69) is 17.2 Å². The van der Waals surface area contributed by atoms with Gasteiger partial charge in [-0.15, -0.1) is 11.3 Å². The van der Waals surface area contributed by atoms with Crippen LogP contribution >= 0.6 is 11.3 Å². The minimum atomic E-state index is -0.786. The Kier molecular flexibility index (Phi) is 4.65. The fourth-order valence-electron chi connectivity index (χ4n) is 1.26. The van der Waals surface area contributed by atoms with Gasteiger partial charge in [-0.25, -0.2) is 4.98 Å². The number of carbonyl (C=O) groups is 1. The van der Waals surface area contributed by atoms with E-state index >= 15 is 0 Å². The topological polar surface area (TPSA) is 62.2 Å². The fraction of sp³-hybridized carbons (Fsp3) is 0.667. The summed E-state index contributed by atoms with van der Waals surface area (Å²) in [5.41, 5.74) is -0.751. The first-order chi connectivity index (χ1) is 7.86. The first-order valence-electron chi connectivity index (χ1n) is 5.78. The van der Waals surface area contributed by atoms with Crippen LogP contribution in [0.1, 0.15) is 43.6 Å². The average molecular weight is 256 g/mol. The Morgan fingerprint density at radius 3 is 2.76 bits per heavy atom. The highest BCUT2D eigenvalue weighted by molar-refractivity contribution is 7.11. The second-order valence-corrected chi connectivity index (χ2v) is 5.96. The van der Waals surface area contributed by atoms with Crippen molar-refractivity contribution in [2.24, 2.45) is 5.41 Å². The number of carboxylic acids is 1. The van der Waals surface area contributed by atoms with Crippen LogP contribution < -0.4 is 5.32 Å². The summed E-state index contributed by atoms with van der Waals surface area (Å²) >= 11 is 1.68. The van der Waals surface area contributed by atoms with Crippen molar-refractivity contribution in [3.8, 4) is 0 Å². The van der Waals surface area contributed by atoms with Gasteiger partial charge in [-0.3, -0.25) is 4.79 Å². The van der Waals surface area contributed by atoms with Gasteiger partial charge in [-0.1, -0.05) is 6.92 Å². The molecule has 1 aromatic heterocycles. The third-order valence-corrected chi connectivity index (χ3v) is 4.04. The van der Waals surface area contributed by atoms with Gasteiger partial charge >= 0.3 is 5.97 Å². The molecule has 1 atom stereocenters. The number of aryl methyl sites for hydroxylation is 1. The summed E-state index contributed by atoms with van der Waals surface area (Å²) in [4.78, 5) is 16.6. The standard InChI is InChI=1S/C12H20N2O2S/c1-5-9-6-13-10(17-9)8(2)14-7-12(3,4)11(15)16/h6,8,14H,5,7H2,1-4H3,(H,15,16). The number of carboxylic acid groups (broad SMARTS) is 1. The molecule has 1 heterocycles. The molecule has 0 fully saturated rings. The summed E-state index contributed by atoms with van der Waals surface area (Å²) < 4.78 is 0. The predicted octanol–water partition coefficient (Wildman–Crippen LogP) is 2.47. The van der Waals surface area contributed by atoms with Crippen LogP contribution in [0.3, 0.4) is 0 Å². The van der Waals surface area contributed by atoms with E-state index in [1.807, 2.05) is 13.1 Å². The third-order valence-electron chi connectivity index (χ3n) is 2.72. The van der Waals surface area contributed by atoms with E-state index in [0.717, 1.165) is 11.4 Å². The van der Waals surface area contributed by atoms with Gasteiger partial charge in [0, 0.05) is 17.6 Å². The summed E-state index contributed by atoms with van der Waals surface area (Å²) in [6.07, 6.45) is 2.88. The van der Waals surface area contributed by atoms with Crippen molar-refractivity contribution < 1.29 is 9.90 Å². The van der Waals surface area contributed by atoms with Crippen LogP contribution in [0, 0.1) is 5.41 Å². The van der Waals surface area contributed by atoms with Crippen molar-refractivity contribution >= 4 is 17.3 Å². The van der Waals surface area contributed by atoms with E-state index in [1.165, 1.54) is 4.88 Å². The maximum atomic E-state index is 11.0. The molecule has 0 aliphatic carbocycles. The van der Waals surface area contributed by atoms with Gasteiger partial charge in [0.05, 0.1) is 11.5 Å². The molecule has 1 unspecified atom stereocenters. The van der Waals surface area contributed by atoms with E-state index in [9.17, 15) is 4.79 Å². The van der Waals surface area contributed by atoms with Crippen LogP contribution in [-0.2, 0) is 11.2 Å². The smallest absolute Gasteiger partial charge is 0.310 e. The van der Waals surface area contributed by atoms with E-state index in [1.54, 1.807) is 25.2 Å². The molecule has 2 N–H and O–H groups in total. The molecule has 0 bridgehead atoms. The molecule has 1 aromatic rings. The van der Waals surface area contributed by atoms with E-state index in [-0.39, 0.29) is 6.04 Å². The molecular weight excluding hydrogens is 236 g/mol. The molecular formula is C12H20N2O2S. The summed E-state index contributed by atoms with van der Waals surface area (Å²) in [5, 5.41) is 13.3. The van der Waals surface area contributed by atoms with Crippen LogP contribution in [0.25, 0.3) is 0 Å². The Balaban J connectivity index is 2.55. The zero-order valence-corrected chi connectivity index (χ0v) is 11.6. The Bertz CT molecular complexity index is 388. The molecule has 0 aliphatic rings. The lowest BCUT2D eigenvalue weighted by atomic mass is 9.93. The van der Waals surface area contributed by atoms with Gasteiger partial charge in [-0.05, 0) is 27.2 Å². The highest BCUT2D eigenvalue weighted by atomic mass is 32.1. The maximum absolute atomic E-state index is 11.0. The molecule has 1 rings (SSSR count). The Morgan fingerprint density at radius 1 is 1.65 bits per heavy atom. The molecule has 96 valence electrons. The molecule has 0 aromatic carbocycles. The first-order valence-corrected chi connectivity index (χ1v) is 6.60. The second-order valence-electron chi connectivity index (χ2n) is 4.81. The average Bonchev–Trinajstić information content (AvgIpc) is 2.74. The van der Waals surface area contributed by atoms with Crippen molar-refractivity contribution in [1.82, 2.24) is 10.3 Å². The van der Waals surface area contributed by atoms with Crippen LogP contribution in [-0.4, -0.2) is 22.6 Å². The van der Waals surface area contributed by atoms with Crippen molar-refractivity contribution in [2.75, 3.05) is 6.54 Å². The zero-order chi connectivity index (χ0) is 13.1. The SMILES string of the molecule is CCc1cnc(C(C)NCC(C)(C)C(=O)O)s1. The summed E-state index contributed by atoms with van der Waals surface area (Å²) in [6, 6.07) is 0.0962. The number of hydrogen-bond donors (Lipinski definition) is 2. The number of nitrogens with one attached hydrogen (secondary N) is 1. The molecule has 0 amide bonds. The van der Waals surface area contributed by atoms with Crippen LogP contribution in [0.4, 0.5) is 0 Å². The summed E-state index contributed by atoms with van der Waals surface area (Å²) in [7, 11) is 0. The van der Waals surface area contributed by atoms with Crippen molar-refractivity contribution in [2.45, 2.75) is 40.2 Å². The second kappa shape index (κ2) is 5.60. The van der Waals surface area contributed by atoms with Gasteiger partial charge in [0.15, 0.2) is 0 Å². The third kappa shape index (κ3) is 3.78. The normalized spacial score (nSPS) is 13.6. The van der Waals surface area contributed by atoms with Crippen molar-refractivity contribution in [1.29, 1.82) is 0 Å². The van der Waals surface area contributed by atoms with Gasteiger partial charge in [0.25, 0.3) is 0 Å². The lowest BCUT2D eigenvalue weighted by molar-refractivity contribution is -0.146. The van der Waals surface area contributed by atoms with E-state index in [0.29, 0.717) is 6.54 Å². The molecule has 4 nitrogen and oxygen atoms in total. The summed E-state index contributed by atoms with van der Waals surface area (Å²) in [6.45, 7) is 7.98. The van der Waals surface area contributed by atoms with Crippen LogP contribution in [0.15, 0.2) is 6.20 Å². The minimum Gasteiger partial charge on any atom is -0.481 e. The molecule has 0 radical (unpaired) electrons. The largest absolute Gasteiger partial charge is 0.481 e. The van der Waals surface area contributed by atoms with E-state index < -0.39 is 11.4 Å². The molecule has 0 spiro atoms. The Hall–Kier alpha value is -0.940. The highest BCUT2D eigenvalue weighted by Gasteiger charge is 2.27. The molecule has 5 heteroatoms. The predicted molar refractivity (Wildman–Crippen MR) is 69.3 cm³/mol. The van der Waals surface area contributed by atoms with Gasteiger partial charge in [0.1, 0.15) is 5.01 Å². The zero-order valence-electron chi connectivity index (χ0n) is 10.8. The van der Waals surface area contributed by atoms with Crippen molar-refractivity contribution in [3.05, 3.63) is 16.1 Å². The Morgan fingerprint density at radius 2 is 2.29 bits per heavy atom. The summed E-state index contributed by atoms with van der Waals surface area (Å²) in [5.74, 6) is -0.786. The lowest BCUT2D eigenvalue weighted by Crippen LogP contribution is -2.37. The number of nitrogens with zero attached hydrogens (tertiary/aromatic N) is 1. The van der Waals surface area contributed by atoms with Crippen LogP contribution in [0.2, 0.25) is 0 Å². The minimum absolute atomic E-state index is 0.0962. The monoisotopic (exact) mass is 256 g/mol. The number of rotatable bonds is 6. The number of aliphatic carboxylic acids is 1. The molecule has 17 heavy (non-hydrogen) atoms. The van der Waals surface area contributed by atoms with Gasteiger partial charge < -0.3 is 10.4 Å². The van der Waals surface area contributed by atoms with Crippen LogP contribution in [0.5, 0.6) is 0 Å². The molecule has 0 saturated heterocycles. The first kappa shape index (κ1) is 14.1. The maximum Gasteiger partial charge on any atom is 0.310 e. The molecule has 0 saturated carbocycles. The van der Waals surface area contributed by atoms with Crippen molar-refractivity contribution in [3.63, 3.8) is 0 Å². The fourth-order valence-corrected chi connectivity index (χ4v) is 2.14.